The molecule has 0 atom stereocenters. The Kier molecular flexibility index (Phi) is 1.21. The third kappa shape index (κ3) is 0.795. The molecule has 0 saturated carbocycles. The van der Waals surface area contributed by atoms with Crippen molar-refractivity contribution in [2.75, 3.05) is 5.73 Å². The van der Waals surface area contributed by atoms with Gasteiger partial charge in [-0.1, -0.05) is 0 Å². The van der Waals surface area contributed by atoms with Crippen LogP contribution in [-0.2, 0) is 7.05 Å². The van der Waals surface area contributed by atoms with Gasteiger partial charge in [-0.15, -0.1) is 0 Å². The smallest absolute Gasteiger partial charge is 0.355 e. The molecule has 0 radical (unpaired) electrons. The van der Waals surface area contributed by atoms with Crippen molar-refractivity contribution >= 4 is 11.5 Å². The van der Waals surface area contributed by atoms with Crippen LogP contribution in [0.25, 0.3) is 5.65 Å². The fourth-order valence-corrected chi connectivity index (χ4v) is 1.15. The average Bonchev–Trinajstić information content (AvgIpc) is 2.33. The van der Waals surface area contributed by atoms with Crippen LogP contribution in [0.15, 0.2) is 23.3 Å². The molecule has 5 heteroatoms. The van der Waals surface area contributed by atoms with Gasteiger partial charge in [-0.2, -0.15) is 4.98 Å². The summed E-state index contributed by atoms with van der Waals surface area (Å²) in [6.07, 6.45) is 3.43. The first-order valence-electron chi connectivity index (χ1n) is 3.49. The highest BCUT2D eigenvalue weighted by Gasteiger charge is 2.00. The molecule has 12 heavy (non-hydrogen) atoms. The highest BCUT2D eigenvalue weighted by molar-refractivity contribution is 5.47. The van der Waals surface area contributed by atoms with Gasteiger partial charge >= 0.3 is 5.69 Å². The summed E-state index contributed by atoms with van der Waals surface area (Å²) in [5.41, 5.74) is 5.82. The number of nitrogen functional groups attached to an aromatic ring is 1. The van der Waals surface area contributed by atoms with Gasteiger partial charge in [0.05, 0.1) is 0 Å². The average molecular weight is 164 g/mol. The fourth-order valence-electron chi connectivity index (χ4n) is 1.15. The minimum atomic E-state index is -0.342. The largest absolute Gasteiger partial charge is 0.383 e. The molecule has 2 rings (SSSR count). The number of hydrogen-bond donors (Lipinski definition) is 1. The van der Waals surface area contributed by atoms with Crippen LogP contribution >= 0.6 is 0 Å². The number of aryl methyl sites for hydroxylation is 1. The third-order valence-electron chi connectivity index (χ3n) is 1.76. The van der Waals surface area contributed by atoms with E-state index in [9.17, 15) is 4.79 Å². The SMILES string of the molecule is Cn1ccn2c(=O)nc(N)cc12. The Balaban J connectivity index is 3.03. The number of nitrogens with zero attached hydrogens (tertiary/aromatic N) is 3. The second-order valence-electron chi connectivity index (χ2n) is 2.60. The van der Waals surface area contributed by atoms with E-state index in [1.807, 2.05) is 7.05 Å². The lowest BCUT2D eigenvalue weighted by Crippen LogP contribution is -2.17. The second kappa shape index (κ2) is 2.10. The summed E-state index contributed by atoms with van der Waals surface area (Å²) in [5, 5.41) is 0. The van der Waals surface area contributed by atoms with Crippen LogP contribution in [-0.4, -0.2) is 14.0 Å². The van der Waals surface area contributed by atoms with Crippen LogP contribution in [0.4, 0.5) is 5.82 Å². The third-order valence-corrected chi connectivity index (χ3v) is 1.76. The van der Waals surface area contributed by atoms with Crippen LogP contribution in [0.2, 0.25) is 0 Å². The zero-order chi connectivity index (χ0) is 8.72. The zero-order valence-corrected chi connectivity index (χ0v) is 6.56. The summed E-state index contributed by atoms with van der Waals surface area (Å²) in [7, 11) is 1.84. The van der Waals surface area contributed by atoms with Gasteiger partial charge in [0.25, 0.3) is 0 Å². The number of hydrogen-bond acceptors (Lipinski definition) is 3. The van der Waals surface area contributed by atoms with E-state index in [-0.39, 0.29) is 11.5 Å². The van der Waals surface area contributed by atoms with Crippen molar-refractivity contribution in [1.29, 1.82) is 0 Å². The Morgan fingerprint density at radius 2 is 2.25 bits per heavy atom. The van der Waals surface area contributed by atoms with Gasteiger partial charge in [-0.05, 0) is 0 Å². The first-order valence-corrected chi connectivity index (χ1v) is 3.49. The Hall–Kier alpha value is -1.78. The molecule has 2 aromatic rings. The minimum absolute atomic E-state index is 0.252. The number of fused-ring (bicyclic) bond motifs is 1. The van der Waals surface area contributed by atoms with E-state index >= 15 is 0 Å². The van der Waals surface area contributed by atoms with Crippen molar-refractivity contribution in [1.82, 2.24) is 14.0 Å². The molecule has 5 nitrogen and oxygen atoms in total. The number of nitrogens with two attached hydrogens (primary N) is 1. The van der Waals surface area contributed by atoms with Crippen LogP contribution in [0, 0.1) is 0 Å². The first kappa shape index (κ1) is 6.90. The lowest BCUT2D eigenvalue weighted by atomic mass is 10.5. The van der Waals surface area contributed by atoms with Crippen LogP contribution in [0.5, 0.6) is 0 Å². The highest BCUT2D eigenvalue weighted by Crippen LogP contribution is 2.02. The lowest BCUT2D eigenvalue weighted by molar-refractivity contribution is 0.930. The highest BCUT2D eigenvalue weighted by atomic mass is 16.1. The van der Waals surface area contributed by atoms with E-state index in [1.165, 1.54) is 4.40 Å². The molecule has 0 saturated heterocycles. The number of imidazole rings is 1. The second-order valence-corrected chi connectivity index (χ2v) is 2.60. The molecule has 0 spiro atoms. The molecule has 2 N–H and O–H groups in total. The molecular formula is C7H8N4O. The maximum atomic E-state index is 11.2. The molecule has 0 unspecified atom stereocenters. The molecule has 0 aliphatic rings. The first-order chi connectivity index (χ1) is 5.68. The molecule has 2 aromatic heterocycles. The van der Waals surface area contributed by atoms with Crippen molar-refractivity contribution in [2.24, 2.45) is 7.05 Å². The lowest BCUT2D eigenvalue weighted by Gasteiger charge is -1.96. The number of aromatic nitrogens is 3. The van der Waals surface area contributed by atoms with Gasteiger partial charge < -0.3 is 10.3 Å². The molecule has 0 aliphatic carbocycles. The van der Waals surface area contributed by atoms with Crippen LogP contribution < -0.4 is 11.4 Å². The van der Waals surface area contributed by atoms with Gasteiger partial charge in [0.2, 0.25) is 0 Å². The van der Waals surface area contributed by atoms with Crippen molar-refractivity contribution in [3.8, 4) is 0 Å². The van der Waals surface area contributed by atoms with Gasteiger partial charge in [0.15, 0.2) is 0 Å². The Morgan fingerprint density at radius 3 is 3.00 bits per heavy atom. The maximum absolute atomic E-state index is 11.2. The van der Waals surface area contributed by atoms with Gasteiger partial charge in [0, 0.05) is 25.5 Å². The quantitative estimate of drug-likeness (QED) is 0.577. The van der Waals surface area contributed by atoms with E-state index in [0.717, 1.165) is 5.65 Å². The maximum Gasteiger partial charge on any atom is 0.355 e. The molecule has 0 fully saturated rings. The Labute approximate surface area is 68.1 Å². The van der Waals surface area contributed by atoms with Crippen LogP contribution in [0.1, 0.15) is 0 Å². The number of rotatable bonds is 0. The monoisotopic (exact) mass is 164 g/mol. The summed E-state index contributed by atoms with van der Waals surface area (Å²) in [5.74, 6) is 0.252. The molecular weight excluding hydrogens is 156 g/mol. The van der Waals surface area contributed by atoms with E-state index in [0.29, 0.717) is 0 Å². The molecule has 62 valence electrons. The van der Waals surface area contributed by atoms with E-state index < -0.39 is 0 Å². The Bertz CT molecular complexity index is 482. The predicted molar refractivity (Wildman–Crippen MR) is 44.8 cm³/mol. The summed E-state index contributed by atoms with van der Waals surface area (Å²) in [4.78, 5) is 14.8. The van der Waals surface area contributed by atoms with E-state index in [1.54, 1.807) is 23.0 Å². The van der Waals surface area contributed by atoms with Gasteiger partial charge in [0.1, 0.15) is 11.5 Å². The van der Waals surface area contributed by atoms with Crippen molar-refractivity contribution in [3.05, 3.63) is 28.9 Å². The van der Waals surface area contributed by atoms with E-state index in [2.05, 4.69) is 4.98 Å². The van der Waals surface area contributed by atoms with E-state index in [4.69, 9.17) is 5.73 Å². The van der Waals surface area contributed by atoms with Gasteiger partial charge in [-0.3, -0.25) is 4.40 Å². The van der Waals surface area contributed by atoms with Gasteiger partial charge in [-0.25, -0.2) is 4.79 Å². The minimum Gasteiger partial charge on any atom is -0.383 e. The standard InChI is InChI=1S/C7H8N4O/c1-10-2-3-11-6(10)4-5(8)9-7(11)12/h2-4H,1H3,(H2,8,9,12). The van der Waals surface area contributed by atoms with Crippen molar-refractivity contribution < 1.29 is 0 Å². The molecule has 0 amide bonds. The summed E-state index contributed by atoms with van der Waals surface area (Å²) in [6, 6.07) is 1.65. The summed E-state index contributed by atoms with van der Waals surface area (Å²) in [6.45, 7) is 0. The summed E-state index contributed by atoms with van der Waals surface area (Å²) < 4.78 is 3.25. The number of anilines is 1. The van der Waals surface area contributed by atoms with Crippen molar-refractivity contribution in [3.63, 3.8) is 0 Å². The normalized spacial score (nSPS) is 10.8. The molecule has 2 heterocycles. The Morgan fingerprint density at radius 1 is 1.50 bits per heavy atom. The molecule has 0 aliphatic heterocycles. The fraction of sp³-hybridized carbons (Fsp3) is 0.143. The summed E-state index contributed by atoms with van der Waals surface area (Å²) >= 11 is 0. The predicted octanol–water partition coefficient (Wildman–Crippen LogP) is -0.385. The van der Waals surface area contributed by atoms with Crippen LogP contribution in [0.3, 0.4) is 0 Å². The van der Waals surface area contributed by atoms with Crippen molar-refractivity contribution in [2.45, 2.75) is 0 Å². The topological polar surface area (TPSA) is 65.3 Å². The molecule has 0 aromatic carbocycles. The zero-order valence-electron chi connectivity index (χ0n) is 6.56. The molecule has 0 bridgehead atoms.